The third-order valence-electron chi connectivity index (χ3n) is 4.47. The highest BCUT2D eigenvalue weighted by atomic mass is 16.2. The van der Waals surface area contributed by atoms with Crippen LogP contribution in [0.2, 0.25) is 0 Å². The molecule has 1 aliphatic rings. The zero-order valence-electron chi connectivity index (χ0n) is 13.6. The predicted octanol–water partition coefficient (Wildman–Crippen LogP) is 3.89. The van der Waals surface area contributed by atoms with Crippen molar-refractivity contribution < 1.29 is 4.79 Å². The molecule has 3 rings (SSSR count). The van der Waals surface area contributed by atoms with Gasteiger partial charge < -0.3 is 0 Å². The van der Waals surface area contributed by atoms with Crippen molar-refractivity contribution in [3.05, 3.63) is 71.3 Å². The van der Waals surface area contributed by atoms with E-state index in [1.807, 2.05) is 37.3 Å². The minimum atomic E-state index is 0.0170. The van der Waals surface area contributed by atoms with Gasteiger partial charge in [-0.3, -0.25) is 4.79 Å². The molecule has 1 fully saturated rings. The van der Waals surface area contributed by atoms with E-state index in [0.717, 1.165) is 24.1 Å². The molecule has 0 bridgehead atoms. The highest BCUT2D eigenvalue weighted by molar-refractivity contribution is 5.99. The Balaban J connectivity index is 1.58. The summed E-state index contributed by atoms with van der Waals surface area (Å²) in [5, 5.41) is 4.26. The number of nitrogens with one attached hydrogen (secondary N) is 1. The maximum absolute atomic E-state index is 12.2. The number of nitrogens with zero attached hydrogens (tertiary/aromatic N) is 1. The molecule has 2 unspecified atom stereocenters. The summed E-state index contributed by atoms with van der Waals surface area (Å²) in [6.07, 6.45) is 1.94. The van der Waals surface area contributed by atoms with Gasteiger partial charge in [0.2, 0.25) is 5.91 Å². The number of benzene rings is 2. The van der Waals surface area contributed by atoms with Crippen molar-refractivity contribution in [2.24, 2.45) is 11.0 Å². The summed E-state index contributed by atoms with van der Waals surface area (Å²) < 4.78 is 0. The first-order valence-electron chi connectivity index (χ1n) is 8.17. The van der Waals surface area contributed by atoms with Gasteiger partial charge in [-0.25, -0.2) is 5.43 Å². The van der Waals surface area contributed by atoms with Gasteiger partial charge in [0, 0.05) is 5.92 Å². The van der Waals surface area contributed by atoms with E-state index >= 15 is 0 Å². The number of amides is 1. The average molecular weight is 306 g/mol. The van der Waals surface area contributed by atoms with Crippen LogP contribution < -0.4 is 5.43 Å². The lowest BCUT2D eigenvalue weighted by atomic mass is 10.1. The average Bonchev–Trinajstić information content (AvgIpc) is 3.41. The Bertz CT molecular complexity index is 704. The molecular formula is C20H22N2O. The second-order valence-electron chi connectivity index (χ2n) is 6.08. The van der Waals surface area contributed by atoms with Gasteiger partial charge in [0.1, 0.15) is 0 Å². The highest BCUT2D eigenvalue weighted by Gasteiger charge is 2.43. The fraction of sp³-hybridized carbons (Fsp3) is 0.300. The number of carbonyl (C=O) groups is 1. The van der Waals surface area contributed by atoms with Crippen molar-refractivity contribution in [2.45, 2.75) is 32.6 Å². The van der Waals surface area contributed by atoms with Crippen molar-refractivity contribution in [3.8, 4) is 0 Å². The van der Waals surface area contributed by atoms with Crippen LogP contribution >= 0.6 is 0 Å². The summed E-state index contributed by atoms with van der Waals surface area (Å²) in [6, 6.07) is 18.5. The zero-order valence-corrected chi connectivity index (χ0v) is 13.6. The molecule has 2 atom stereocenters. The van der Waals surface area contributed by atoms with Crippen LogP contribution in [-0.2, 0) is 11.2 Å². The standard InChI is InChI=1S/C20H22N2O/c1-3-15-9-11-16(12-10-15)14(2)21-22-20(23)19-13-18(19)17-7-5-4-6-8-17/h4-12,18-19H,3,13H2,1-2H3,(H,22,23)/b21-14+. The second kappa shape index (κ2) is 6.78. The van der Waals surface area contributed by atoms with Gasteiger partial charge in [-0.2, -0.15) is 5.10 Å². The van der Waals surface area contributed by atoms with Gasteiger partial charge in [-0.15, -0.1) is 0 Å². The summed E-state index contributed by atoms with van der Waals surface area (Å²) in [7, 11) is 0. The Kier molecular flexibility index (Phi) is 4.56. The Labute approximate surface area is 137 Å². The molecule has 2 aromatic rings. The lowest BCUT2D eigenvalue weighted by Crippen LogP contribution is -2.21. The molecule has 1 aliphatic carbocycles. The van der Waals surface area contributed by atoms with Crippen LogP contribution in [0.4, 0.5) is 0 Å². The van der Waals surface area contributed by atoms with Crippen molar-refractivity contribution in [2.75, 3.05) is 0 Å². The SMILES string of the molecule is CCc1ccc(/C(C)=N/NC(=O)C2CC2c2ccccc2)cc1. The van der Waals surface area contributed by atoms with Crippen LogP contribution in [0, 0.1) is 5.92 Å². The molecule has 3 heteroatoms. The molecule has 0 aromatic heterocycles. The molecule has 0 saturated heterocycles. The number of hydrogen-bond acceptors (Lipinski definition) is 2. The molecule has 118 valence electrons. The topological polar surface area (TPSA) is 41.5 Å². The van der Waals surface area contributed by atoms with Crippen LogP contribution in [0.1, 0.15) is 42.9 Å². The summed E-state index contributed by atoms with van der Waals surface area (Å²) in [4.78, 5) is 12.2. The maximum atomic E-state index is 12.2. The number of rotatable bonds is 5. The first-order valence-corrected chi connectivity index (χ1v) is 8.17. The minimum Gasteiger partial charge on any atom is -0.273 e. The van der Waals surface area contributed by atoms with Crippen LogP contribution in [0.15, 0.2) is 59.7 Å². The molecule has 3 nitrogen and oxygen atoms in total. The molecular weight excluding hydrogens is 284 g/mol. The summed E-state index contributed by atoms with van der Waals surface area (Å²) in [6.45, 7) is 4.05. The number of aryl methyl sites for hydroxylation is 1. The minimum absolute atomic E-state index is 0.0170. The van der Waals surface area contributed by atoms with E-state index in [9.17, 15) is 4.79 Å². The third kappa shape index (κ3) is 3.67. The van der Waals surface area contributed by atoms with Crippen molar-refractivity contribution >= 4 is 11.6 Å². The highest BCUT2D eigenvalue weighted by Crippen LogP contribution is 2.47. The molecule has 2 aromatic carbocycles. The molecule has 1 N–H and O–H groups in total. The molecule has 1 saturated carbocycles. The Morgan fingerprint density at radius 3 is 2.48 bits per heavy atom. The molecule has 0 aliphatic heterocycles. The van der Waals surface area contributed by atoms with E-state index in [-0.39, 0.29) is 11.8 Å². The zero-order chi connectivity index (χ0) is 16.2. The van der Waals surface area contributed by atoms with E-state index in [1.54, 1.807) is 0 Å². The fourth-order valence-electron chi connectivity index (χ4n) is 2.82. The normalized spacial score (nSPS) is 20.2. The van der Waals surface area contributed by atoms with Crippen molar-refractivity contribution in [1.29, 1.82) is 0 Å². The van der Waals surface area contributed by atoms with Gasteiger partial charge in [-0.05, 0) is 42.4 Å². The van der Waals surface area contributed by atoms with Crippen LogP contribution in [0.5, 0.6) is 0 Å². The summed E-state index contributed by atoms with van der Waals surface area (Å²) in [5.74, 6) is 0.412. The lowest BCUT2D eigenvalue weighted by Gasteiger charge is -2.04. The number of hydrazone groups is 1. The first kappa shape index (κ1) is 15.5. The van der Waals surface area contributed by atoms with Crippen molar-refractivity contribution in [1.82, 2.24) is 5.43 Å². The molecule has 0 heterocycles. The predicted molar refractivity (Wildman–Crippen MR) is 93.5 cm³/mol. The summed E-state index contributed by atoms with van der Waals surface area (Å²) >= 11 is 0. The quantitative estimate of drug-likeness (QED) is 0.661. The molecule has 1 amide bonds. The van der Waals surface area contributed by atoms with E-state index < -0.39 is 0 Å². The van der Waals surface area contributed by atoms with E-state index in [1.165, 1.54) is 11.1 Å². The Morgan fingerprint density at radius 2 is 1.83 bits per heavy atom. The van der Waals surface area contributed by atoms with Gasteiger partial charge in [-0.1, -0.05) is 61.5 Å². The smallest absolute Gasteiger partial charge is 0.243 e. The number of carbonyl (C=O) groups excluding carboxylic acids is 1. The van der Waals surface area contributed by atoms with Gasteiger partial charge in [0.25, 0.3) is 0 Å². The molecule has 23 heavy (non-hydrogen) atoms. The lowest BCUT2D eigenvalue weighted by molar-refractivity contribution is -0.122. The largest absolute Gasteiger partial charge is 0.273 e. The summed E-state index contributed by atoms with van der Waals surface area (Å²) in [5.41, 5.74) is 7.13. The van der Waals surface area contributed by atoms with Crippen LogP contribution in [-0.4, -0.2) is 11.6 Å². The van der Waals surface area contributed by atoms with Gasteiger partial charge >= 0.3 is 0 Å². The molecule has 0 radical (unpaired) electrons. The first-order chi connectivity index (χ1) is 11.2. The van der Waals surface area contributed by atoms with E-state index in [2.05, 4.69) is 41.7 Å². The fourth-order valence-corrected chi connectivity index (χ4v) is 2.82. The van der Waals surface area contributed by atoms with Crippen LogP contribution in [0.25, 0.3) is 0 Å². The third-order valence-corrected chi connectivity index (χ3v) is 4.47. The second-order valence-corrected chi connectivity index (χ2v) is 6.08. The number of hydrogen-bond donors (Lipinski definition) is 1. The van der Waals surface area contributed by atoms with E-state index in [4.69, 9.17) is 0 Å². The monoisotopic (exact) mass is 306 g/mol. The van der Waals surface area contributed by atoms with E-state index in [0.29, 0.717) is 5.92 Å². The van der Waals surface area contributed by atoms with Gasteiger partial charge in [0.05, 0.1) is 5.71 Å². The Morgan fingerprint density at radius 1 is 1.13 bits per heavy atom. The van der Waals surface area contributed by atoms with Crippen LogP contribution in [0.3, 0.4) is 0 Å². The Hall–Kier alpha value is -2.42. The van der Waals surface area contributed by atoms with Gasteiger partial charge in [0.15, 0.2) is 0 Å². The van der Waals surface area contributed by atoms with Crippen molar-refractivity contribution in [3.63, 3.8) is 0 Å². The maximum Gasteiger partial charge on any atom is 0.243 e. The molecule has 0 spiro atoms.